The third kappa shape index (κ3) is 3.25. The van der Waals surface area contributed by atoms with E-state index in [0.29, 0.717) is 22.9 Å². The normalized spacial score (nSPS) is 12.2. The van der Waals surface area contributed by atoms with E-state index < -0.39 is 0 Å². The Morgan fingerprint density at radius 3 is 2.95 bits per heavy atom. The molecule has 0 spiro atoms. The summed E-state index contributed by atoms with van der Waals surface area (Å²) in [5.41, 5.74) is 3.90. The van der Waals surface area contributed by atoms with Gasteiger partial charge in [-0.25, -0.2) is 9.37 Å². The summed E-state index contributed by atoms with van der Waals surface area (Å²) in [6, 6.07) is 7.72. The van der Waals surface area contributed by atoms with Crippen LogP contribution in [0.3, 0.4) is 0 Å². The molecule has 4 nitrogen and oxygen atoms in total. The third-order valence-corrected chi connectivity index (χ3v) is 3.24. The number of aromatic nitrogens is 1. The zero-order valence-electron chi connectivity index (χ0n) is 10.9. The van der Waals surface area contributed by atoms with Gasteiger partial charge < -0.3 is 4.74 Å². The first kappa shape index (κ1) is 14.7. The van der Waals surface area contributed by atoms with Gasteiger partial charge in [-0.2, -0.15) is 0 Å². The summed E-state index contributed by atoms with van der Waals surface area (Å²) in [4.78, 5) is 4.11. The van der Waals surface area contributed by atoms with E-state index in [1.165, 1.54) is 19.2 Å². The largest absolute Gasteiger partial charge is 0.481 e. The van der Waals surface area contributed by atoms with Crippen molar-refractivity contribution in [3.05, 3.63) is 58.5 Å². The molecular formula is C14H15ClFN3O. The Morgan fingerprint density at radius 2 is 2.25 bits per heavy atom. The molecule has 3 N–H and O–H groups in total. The predicted molar refractivity (Wildman–Crippen MR) is 76.0 cm³/mol. The van der Waals surface area contributed by atoms with E-state index in [0.717, 1.165) is 5.56 Å². The van der Waals surface area contributed by atoms with E-state index in [9.17, 15) is 4.39 Å². The Kier molecular flexibility index (Phi) is 4.89. The highest BCUT2D eigenvalue weighted by Crippen LogP contribution is 2.26. The maximum absolute atomic E-state index is 13.8. The Balaban J connectivity index is 2.31. The zero-order chi connectivity index (χ0) is 14.5. The number of hydrogen-bond donors (Lipinski definition) is 2. The van der Waals surface area contributed by atoms with Crippen molar-refractivity contribution in [1.82, 2.24) is 10.4 Å². The minimum absolute atomic E-state index is 0.322. The molecular weight excluding hydrogens is 281 g/mol. The van der Waals surface area contributed by atoms with Gasteiger partial charge in [0.25, 0.3) is 0 Å². The number of hydrogen-bond acceptors (Lipinski definition) is 4. The number of ether oxygens (including phenoxy) is 1. The summed E-state index contributed by atoms with van der Waals surface area (Å²) >= 11 is 5.89. The second-order valence-corrected chi connectivity index (χ2v) is 4.70. The van der Waals surface area contributed by atoms with Gasteiger partial charge in [-0.15, -0.1) is 0 Å². The Bertz CT molecular complexity index is 594. The second-order valence-electron chi connectivity index (χ2n) is 4.26. The van der Waals surface area contributed by atoms with Crippen LogP contribution in [0.5, 0.6) is 5.88 Å². The number of methoxy groups -OCH3 is 1. The minimum Gasteiger partial charge on any atom is -0.481 e. The van der Waals surface area contributed by atoms with E-state index in [4.69, 9.17) is 22.2 Å². The summed E-state index contributed by atoms with van der Waals surface area (Å²) in [6.45, 7) is 0. The molecule has 0 fully saturated rings. The van der Waals surface area contributed by atoms with E-state index in [1.54, 1.807) is 18.3 Å². The molecule has 6 heteroatoms. The van der Waals surface area contributed by atoms with Crippen LogP contribution < -0.4 is 16.0 Å². The molecule has 1 atom stereocenters. The Labute approximate surface area is 121 Å². The van der Waals surface area contributed by atoms with Crippen molar-refractivity contribution in [3.63, 3.8) is 0 Å². The minimum atomic E-state index is -0.327. The number of nitrogens with zero attached hydrogens (tertiary/aromatic N) is 1. The maximum Gasteiger partial charge on any atom is 0.217 e. The van der Waals surface area contributed by atoms with Crippen molar-refractivity contribution in [2.24, 2.45) is 5.84 Å². The molecule has 0 aliphatic heterocycles. The van der Waals surface area contributed by atoms with E-state index in [1.807, 2.05) is 6.07 Å². The van der Waals surface area contributed by atoms with Crippen molar-refractivity contribution < 1.29 is 9.13 Å². The molecule has 1 aromatic carbocycles. The van der Waals surface area contributed by atoms with Gasteiger partial charge in [-0.1, -0.05) is 17.7 Å². The number of hydrazine groups is 1. The molecule has 1 aromatic heterocycles. The monoisotopic (exact) mass is 295 g/mol. The number of benzene rings is 1. The number of halogens is 2. The lowest BCUT2D eigenvalue weighted by atomic mass is 10.00. The summed E-state index contributed by atoms with van der Waals surface area (Å²) in [5.74, 6) is 5.71. The van der Waals surface area contributed by atoms with Crippen LogP contribution in [0.1, 0.15) is 17.2 Å². The van der Waals surface area contributed by atoms with Gasteiger partial charge in [-0.05, 0) is 36.2 Å². The van der Waals surface area contributed by atoms with Gasteiger partial charge in [0.15, 0.2) is 0 Å². The molecule has 0 aliphatic rings. The van der Waals surface area contributed by atoms with Gasteiger partial charge in [0.05, 0.1) is 13.2 Å². The first-order valence-corrected chi connectivity index (χ1v) is 6.42. The second kappa shape index (κ2) is 6.65. The van der Waals surface area contributed by atoms with Crippen molar-refractivity contribution in [3.8, 4) is 5.88 Å². The first-order valence-electron chi connectivity index (χ1n) is 6.04. The van der Waals surface area contributed by atoms with Crippen LogP contribution in [0.2, 0.25) is 5.02 Å². The van der Waals surface area contributed by atoms with Crippen molar-refractivity contribution in [2.75, 3.05) is 7.11 Å². The molecule has 0 saturated heterocycles. The Hall–Kier alpha value is -1.69. The fourth-order valence-corrected chi connectivity index (χ4v) is 2.21. The highest BCUT2D eigenvalue weighted by molar-refractivity contribution is 6.30. The molecule has 0 saturated carbocycles. The molecule has 20 heavy (non-hydrogen) atoms. The van der Waals surface area contributed by atoms with Gasteiger partial charge in [0, 0.05) is 16.8 Å². The molecule has 1 heterocycles. The molecule has 2 aromatic rings. The topological polar surface area (TPSA) is 60.2 Å². The quantitative estimate of drug-likeness (QED) is 0.657. The van der Waals surface area contributed by atoms with Crippen molar-refractivity contribution in [2.45, 2.75) is 12.5 Å². The molecule has 106 valence electrons. The van der Waals surface area contributed by atoms with Gasteiger partial charge in [0.2, 0.25) is 5.88 Å². The third-order valence-electron chi connectivity index (χ3n) is 3.00. The maximum atomic E-state index is 13.8. The first-order chi connectivity index (χ1) is 9.65. The lowest BCUT2D eigenvalue weighted by Gasteiger charge is -2.18. The van der Waals surface area contributed by atoms with Crippen LogP contribution in [0.25, 0.3) is 0 Å². The molecule has 0 radical (unpaired) electrons. The highest BCUT2D eigenvalue weighted by Gasteiger charge is 2.18. The highest BCUT2D eigenvalue weighted by atomic mass is 35.5. The zero-order valence-corrected chi connectivity index (χ0v) is 11.7. The van der Waals surface area contributed by atoms with Crippen LogP contribution >= 0.6 is 11.6 Å². The average Bonchev–Trinajstić information content (AvgIpc) is 2.48. The van der Waals surface area contributed by atoms with Crippen molar-refractivity contribution >= 4 is 11.6 Å². The predicted octanol–water partition coefficient (Wildman–Crippen LogP) is 2.63. The van der Waals surface area contributed by atoms with Crippen LogP contribution in [-0.2, 0) is 6.42 Å². The fraction of sp³-hybridized carbons (Fsp3) is 0.214. The van der Waals surface area contributed by atoms with Crippen LogP contribution in [-0.4, -0.2) is 12.1 Å². The van der Waals surface area contributed by atoms with Crippen molar-refractivity contribution in [1.29, 1.82) is 0 Å². The number of nitrogens with two attached hydrogens (primary N) is 1. The smallest absolute Gasteiger partial charge is 0.217 e. The van der Waals surface area contributed by atoms with Crippen LogP contribution in [0.4, 0.5) is 4.39 Å². The molecule has 0 aliphatic carbocycles. The van der Waals surface area contributed by atoms with Gasteiger partial charge in [0.1, 0.15) is 5.82 Å². The molecule has 0 bridgehead atoms. The summed E-state index contributed by atoms with van der Waals surface area (Å²) in [7, 11) is 1.53. The SMILES string of the molecule is COc1ncccc1C(Cc1cc(Cl)ccc1F)NN. The van der Waals surface area contributed by atoms with Gasteiger partial charge in [-0.3, -0.25) is 11.3 Å². The van der Waals surface area contributed by atoms with Crippen LogP contribution in [0.15, 0.2) is 36.5 Å². The lowest BCUT2D eigenvalue weighted by Crippen LogP contribution is -2.30. The number of pyridine rings is 1. The average molecular weight is 296 g/mol. The molecule has 2 rings (SSSR count). The summed E-state index contributed by atoms with van der Waals surface area (Å²) < 4.78 is 19.0. The molecule has 1 unspecified atom stereocenters. The number of nitrogens with one attached hydrogen (secondary N) is 1. The van der Waals surface area contributed by atoms with Gasteiger partial charge >= 0.3 is 0 Å². The lowest BCUT2D eigenvalue weighted by molar-refractivity contribution is 0.382. The fourth-order valence-electron chi connectivity index (χ4n) is 2.02. The standard InChI is InChI=1S/C14H15ClFN3O/c1-20-14-11(3-2-6-18-14)13(19-17)8-9-7-10(15)4-5-12(9)16/h2-7,13,19H,8,17H2,1H3. The number of rotatable bonds is 5. The molecule has 0 amide bonds. The van der Waals surface area contributed by atoms with E-state index in [2.05, 4.69) is 10.4 Å². The summed E-state index contributed by atoms with van der Waals surface area (Å²) in [5, 5.41) is 0.482. The Morgan fingerprint density at radius 1 is 1.45 bits per heavy atom. The summed E-state index contributed by atoms with van der Waals surface area (Å²) in [6.07, 6.45) is 1.96. The van der Waals surface area contributed by atoms with E-state index in [-0.39, 0.29) is 11.9 Å². The van der Waals surface area contributed by atoms with E-state index >= 15 is 0 Å². The van der Waals surface area contributed by atoms with Crippen LogP contribution in [0, 0.1) is 5.82 Å².